The second kappa shape index (κ2) is 9.05. The number of hydrogen-bond donors (Lipinski definition) is 2. The first-order valence-corrected chi connectivity index (χ1v) is 11.0. The molecule has 2 aromatic rings. The Hall–Kier alpha value is -3.07. The summed E-state index contributed by atoms with van der Waals surface area (Å²) in [5.74, 6) is -0.482. The molecule has 1 heterocycles. The van der Waals surface area contributed by atoms with Crippen LogP contribution >= 0.6 is 0 Å². The zero-order chi connectivity index (χ0) is 23.8. The molecule has 1 aliphatic heterocycles. The number of alkyl halides is 3. The van der Waals surface area contributed by atoms with E-state index >= 15 is 0 Å². The number of likely N-dealkylation sites (N-methyl/N-ethyl adjacent to an activating group) is 1. The van der Waals surface area contributed by atoms with Gasteiger partial charge in [0, 0.05) is 49.0 Å². The fourth-order valence-electron chi connectivity index (χ4n) is 3.99. The van der Waals surface area contributed by atoms with Gasteiger partial charge in [0.1, 0.15) is 0 Å². The lowest BCUT2D eigenvalue weighted by atomic mass is 10.1. The lowest BCUT2D eigenvalue weighted by Gasteiger charge is -2.34. The van der Waals surface area contributed by atoms with Gasteiger partial charge in [-0.25, -0.2) is 0 Å². The molecule has 2 unspecified atom stereocenters. The first-order valence-electron chi connectivity index (χ1n) is 11.0. The molecule has 2 N–H and O–H groups in total. The second-order valence-electron chi connectivity index (χ2n) is 8.86. The highest BCUT2D eigenvalue weighted by atomic mass is 19.4. The normalized spacial score (nSPS) is 20.9. The summed E-state index contributed by atoms with van der Waals surface area (Å²) in [7, 11) is 1.98. The Bertz CT molecular complexity index is 1050. The quantitative estimate of drug-likeness (QED) is 0.698. The maximum atomic E-state index is 13.8. The molecule has 2 fully saturated rings. The van der Waals surface area contributed by atoms with E-state index in [2.05, 4.69) is 15.5 Å². The minimum absolute atomic E-state index is 0.0318. The van der Waals surface area contributed by atoms with Crippen LogP contribution in [0, 0.1) is 11.8 Å². The van der Waals surface area contributed by atoms with E-state index in [9.17, 15) is 22.8 Å². The van der Waals surface area contributed by atoms with Crippen LogP contribution in [0.1, 0.15) is 29.3 Å². The zero-order valence-corrected chi connectivity index (χ0v) is 18.6. The molecule has 9 heteroatoms. The van der Waals surface area contributed by atoms with Crippen molar-refractivity contribution in [1.82, 2.24) is 4.90 Å². The van der Waals surface area contributed by atoms with Gasteiger partial charge in [0.2, 0.25) is 5.91 Å². The van der Waals surface area contributed by atoms with Gasteiger partial charge in [-0.05, 0) is 55.8 Å². The summed E-state index contributed by atoms with van der Waals surface area (Å²) in [4.78, 5) is 28.9. The topological polar surface area (TPSA) is 64.7 Å². The fraction of sp³-hybridized carbons (Fsp3) is 0.417. The van der Waals surface area contributed by atoms with Gasteiger partial charge in [-0.2, -0.15) is 13.2 Å². The predicted molar refractivity (Wildman–Crippen MR) is 121 cm³/mol. The van der Waals surface area contributed by atoms with Gasteiger partial charge in [0.15, 0.2) is 0 Å². The van der Waals surface area contributed by atoms with Gasteiger partial charge in [0.25, 0.3) is 5.91 Å². The van der Waals surface area contributed by atoms with Crippen LogP contribution in [-0.2, 0) is 11.0 Å². The zero-order valence-electron chi connectivity index (χ0n) is 18.6. The minimum atomic E-state index is -4.62. The standard InChI is InChI=1S/C24H27F3N4O2/c1-15-12-19(15)23(33)28-17-5-3-4-16(13-17)22(32)29-21-7-6-18(14-20(21)24(25,26)27)31-10-8-30(2)9-11-31/h3-7,13-15,19H,8-12H2,1-2H3,(H,28,33)(H,29,32). The Morgan fingerprint density at radius 1 is 1.00 bits per heavy atom. The van der Waals surface area contributed by atoms with Crippen molar-refractivity contribution in [3.63, 3.8) is 0 Å². The SMILES string of the molecule is CC1CC1C(=O)Nc1cccc(C(=O)Nc2ccc(N3CCN(C)CC3)cc2C(F)(F)F)c1. The number of halogens is 3. The van der Waals surface area contributed by atoms with E-state index in [1.165, 1.54) is 18.2 Å². The molecular weight excluding hydrogens is 433 g/mol. The lowest BCUT2D eigenvalue weighted by molar-refractivity contribution is -0.136. The second-order valence-corrected chi connectivity index (χ2v) is 8.86. The number of anilines is 3. The molecule has 33 heavy (non-hydrogen) atoms. The number of amides is 2. The van der Waals surface area contributed by atoms with Crippen LogP contribution < -0.4 is 15.5 Å². The molecule has 0 bridgehead atoms. The van der Waals surface area contributed by atoms with Crippen LogP contribution in [0.2, 0.25) is 0 Å². The van der Waals surface area contributed by atoms with Crippen LogP contribution in [0.5, 0.6) is 0 Å². The molecule has 2 aliphatic rings. The molecule has 1 saturated heterocycles. The summed E-state index contributed by atoms with van der Waals surface area (Å²) in [6.45, 7) is 4.80. The van der Waals surface area contributed by atoms with E-state index in [0.29, 0.717) is 30.4 Å². The fourth-order valence-corrected chi connectivity index (χ4v) is 3.99. The predicted octanol–water partition coefficient (Wildman–Crippen LogP) is 4.30. The van der Waals surface area contributed by atoms with Crippen molar-refractivity contribution in [2.75, 3.05) is 48.8 Å². The number of hydrogen-bond acceptors (Lipinski definition) is 4. The smallest absolute Gasteiger partial charge is 0.369 e. The van der Waals surface area contributed by atoms with E-state index in [-0.39, 0.29) is 23.1 Å². The summed E-state index contributed by atoms with van der Waals surface area (Å²) in [5, 5.41) is 5.16. The highest BCUT2D eigenvalue weighted by molar-refractivity contribution is 6.06. The molecule has 2 atom stereocenters. The molecule has 6 nitrogen and oxygen atoms in total. The Morgan fingerprint density at radius 2 is 1.70 bits per heavy atom. The average Bonchev–Trinajstić information content (AvgIpc) is 3.51. The third-order valence-electron chi connectivity index (χ3n) is 6.26. The van der Waals surface area contributed by atoms with Gasteiger partial charge in [-0.1, -0.05) is 13.0 Å². The van der Waals surface area contributed by atoms with Gasteiger partial charge >= 0.3 is 6.18 Å². The molecule has 176 valence electrons. The van der Waals surface area contributed by atoms with E-state index in [1.54, 1.807) is 18.2 Å². The van der Waals surface area contributed by atoms with E-state index < -0.39 is 17.6 Å². The number of nitrogens with one attached hydrogen (secondary N) is 2. The molecule has 1 saturated carbocycles. The molecule has 0 radical (unpaired) electrons. The number of nitrogens with zero attached hydrogens (tertiary/aromatic N) is 2. The maximum absolute atomic E-state index is 13.8. The van der Waals surface area contributed by atoms with Crippen LogP contribution in [-0.4, -0.2) is 49.9 Å². The van der Waals surface area contributed by atoms with Crippen molar-refractivity contribution >= 4 is 28.9 Å². The number of rotatable bonds is 5. The number of carbonyl (C=O) groups excluding carboxylic acids is 2. The molecule has 2 amide bonds. The molecule has 0 aromatic heterocycles. The van der Waals surface area contributed by atoms with Crippen molar-refractivity contribution in [2.24, 2.45) is 11.8 Å². The Morgan fingerprint density at radius 3 is 2.33 bits per heavy atom. The monoisotopic (exact) mass is 460 g/mol. The summed E-state index contributed by atoms with van der Waals surface area (Å²) in [5.41, 5.74) is -0.111. The average molecular weight is 461 g/mol. The first kappa shape index (κ1) is 23.1. The Labute approximate surface area is 190 Å². The molecule has 0 spiro atoms. The molecule has 2 aromatic carbocycles. The Balaban J connectivity index is 1.51. The molecular formula is C24H27F3N4O2. The van der Waals surface area contributed by atoms with E-state index in [1.807, 2.05) is 18.9 Å². The third-order valence-corrected chi connectivity index (χ3v) is 6.26. The maximum Gasteiger partial charge on any atom is 0.418 e. The van der Waals surface area contributed by atoms with Crippen molar-refractivity contribution in [2.45, 2.75) is 19.5 Å². The lowest BCUT2D eigenvalue weighted by Crippen LogP contribution is -2.44. The summed E-state index contributed by atoms with van der Waals surface area (Å²) in [6, 6.07) is 10.2. The van der Waals surface area contributed by atoms with Crippen LogP contribution in [0.15, 0.2) is 42.5 Å². The summed E-state index contributed by atoms with van der Waals surface area (Å²) >= 11 is 0. The molecule has 4 rings (SSSR count). The summed E-state index contributed by atoms with van der Waals surface area (Å²) < 4.78 is 41.4. The van der Waals surface area contributed by atoms with Crippen LogP contribution in [0.25, 0.3) is 0 Å². The van der Waals surface area contributed by atoms with Crippen molar-refractivity contribution in [1.29, 1.82) is 0 Å². The number of benzene rings is 2. The van der Waals surface area contributed by atoms with E-state index in [0.717, 1.165) is 25.6 Å². The van der Waals surface area contributed by atoms with Gasteiger partial charge in [0.05, 0.1) is 11.3 Å². The number of carbonyl (C=O) groups is 2. The largest absolute Gasteiger partial charge is 0.418 e. The highest BCUT2D eigenvalue weighted by Gasteiger charge is 2.39. The minimum Gasteiger partial charge on any atom is -0.369 e. The first-order chi connectivity index (χ1) is 15.6. The van der Waals surface area contributed by atoms with E-state index in [4.69, 9.17) is 0 Å². The summed E-state index contributed by atoms with van der Waals surface area (Å²) in [6.07, 6.45) is -3.79. The molecule has 1 aliphatic carbocycles. The Kier molecular flexibility index (Phi) is 6.34. The van der Waals surface area contributed by atoms with Crippen LogP contribution in [0.4, 0.5) is 30.2 Å². The third kappa shape index (κ3) is 5.47. The van der Waals surface area contributed by atoms with Crippen molar-refractivity contribution < 1.29 is 22.8 Å². The van der Waals surface area contributed by atoms with Crippen molar-refractivity contribution in [3.05, 3.63) is 53.6 Å². The van der Waals surface area contributed by atoms with Gasteiger partial charge in [-0.15, -0.1) is 0 Å². The van der Waals surface area contributed by atoms with Crippen LogP contribution in [0.3, 0.4) is 0 Å². The van der Waals surface area contributed by atoms with Gasteiger partial charge in [-0.3, -0.25) is 9.59 Å². The highest BCUT2D eigenvalue weighted by Crippen LogP contribution is 2.39. The van der Waals surface area contributed by atoms with Gasteiger partial charge < -0.3 is 20.4 Å². The number of piperazine rings is 1. The van der Waals surface area contributed by atoms with Crippen molar-refractivity contribution in [3.8, 4) is 0 Å².